The van der Waals surface area contributed by atoms with Gasteiger partial charge in [0.15, 0.2) is 10.1 Å². The first-order valence-electron chi connectivity index (χ1n) is 7.67. The molecule has 8 heteroatoms. The summed E-state index contributed by atoms with van der Waals surface area (Å²) in [6.45, 7) is 3.25. The van der Waals surface area contributed by atoms with Crippen LogP contribution in [0.15, 0.2) is 45.3 Å². The van der Waals surface area contributed by atoms with E-state index >= 15 is 0 Å². The number of hydrogen-bond donors (Lipinski definition) is 0. The number of thioether (sulfide) groups is 1. The molecule has 0 radical (unpaired) electrons. The SMILES string of the molecule is c1ccc(-c2cnc(CSc3nnc(N4CCOCC4)s3)o2)cc1. The van der Waals surface area contributed by atoms with E-state index in [1.165, 1.54) is 0 Å². The summed E-state index contributed by atoms with van der Waals surface area (Å²) in [6, 6.07) is 9.98. The van der Waals surface area contributed by atoms with E-state index in [9.17, 15) is 0 Å². The fourth-order valence-corrected chi connectivity index (χ4v) is 4.13. The zero-order chi connectivity index (χ0) is 16.2. The third-order valence-corrected chi connectivity index (χ3v) is 5.71. The Bertz CT molecular complexity index is 784. The number of hydrogen-bond acceptors (Lipinski definition) is 8. The first-order chi connectivity index (χ1) is 11.9. The normalized spacial score (nSPS) is 14.9. The quantitative estimate of drug-likeness (QED) is 0.647. The molecule has 4 rings (SSSR count). The van der Waals surface area contributed by atoms with Gasteiger partial charge < -0.3 is 14.1 Å². The van der Waals surface area contributed by atoms with Gasteiger partial charge in [0.25, 0.3) is 0 Å². The van der Waals surface area contributed by atoms with Crippen molar-refractivity contribution in [2.24, 2.45) is 0 Å². The number of oxazole rings is 1. The molecular weight excluding hydrogens is 344 g/mol. The van der Waals surface area contributed by atoms with Crippen LogP contribution < -0.4 is 4.90 Å². The van der Waals surface area contributed by atoms with Crippen molar-refractivity contribution in [2.45, 2.75) is 10.1 Å². The van der Waals surface area contributed by atoms with Gasteiger partial charge in [0.2, 0.25) is 11.0 Å². The maximum atomic E-state index is 5.81. The van der Waals surface area contributed by atoms with Crippen molar-refractivity contribution in [3.63, 3.8) is 0 Å². The van der Waals surface area contributed by atoms with Crippen molar-refractivity contribution in [1.82, 2.24) is 15.2 Å². The maximum absolute atomic E-state index is 5.81. The van der Waals surface area contributed by atoms with E-state index in [4.69, 9.17) is 9.15 Å². The van der Waals surface area contributed by atoms with Crippen molar-refractivity contribution in [3.8, 4) is 11.3 Å². The first kappa shape index (κ1) is 15.6. The lowest BCUT2D eigenvalue weighted by Gasteiger charge is -2.25. The van der Waals surface area contributed by atoms with Gasteiger partial charge in [0.05, 0.1) is 25.2 Å². The molecule has 0 amide bonds. The Morgan fingerprint density at radius 2 is 1.96 bits per heavy atom. The lowest BCUT2D eigenvalue weighted by molar-refractivity contribution is 0.122. The molecule has 2 aromatic heterocycles. The Morgan fingerprint density at radius 1 is 1.12 bits per heavy atom. The lowest BCUT2D eigenvalue weighted by Crippen LogP contribution is -2.36. The minimum Gasteiger partial charge on any atom is -0.440 e. The molecule has 1 aliphatic rings. The van der Waals surface area contributed by atoms with Gasteiger partial charge in [-0.05, 0) is 0 Å². The minimum absolute atomic E-state index is 0.643. The van der Waals surface area contributed by atoms with Gasteiger partial charge >= 0.3 is 0 Å². The van der Waals surface area contributed by atoms with Crippen LogP contribution in [-0.4, -0.2) is 41.5 Å². The number of rotatable bonds is 5. The van der Waals surface area contributed by atoms with Crippen LogP contribution in [0.3, 0.4) is 0 Å². The van der Waals surface area contributed by atoms with Gasteiger partial charge in [-0.1, -0.05) is 53.4 Å². The van der Waals surface area contributed by atoms with Crippen LogP contribution in [0.25, 0.3) is 11.3 Å². The number of aromatic nitrogens is 3. The van der Waals surface area contributed by atoms with Crippen LogP contribution >= 0.6 is 23.1 Å². The number of anilines is 1. The Labute approximate surface area is 147 Å². The van der Waals surface area contributed by atoms with Crippen LogP contribution in [0.1, 0.15) is 5.89 Å². The fraction of sp³-hybridized carbons (Fsp3) is 0.312. The molecule has 0 unspecified atom stereocenters. The molecule has 1 saturated heterocycles. The van der Waals surface area contributed by atoms with E-state index in [1.807, 2.05) is 30.3 Å². The third-order valence-electron chi connectivity index (χ3n) is 3.61. The summed E-state index contributed by atoms with van der Waals surface area (Å²) in [5.41, 5.74) is 1.03. The predicted octanol–water partition coefficient (Wildman–Crippen LogP) is 3.32. The van der Waals surface area contributed by atoms with Gasteiger partial charge in [0.1, 0.15) is 0 Å². The molecule has 0 atom stereocenters. The zero-order valence-corrected chi connectivity index (χ0v) is 14.6. The molecule has 0 aliphatic carbocycles. The highest BCUT2D eigenvalue weighted by atomic mass is 32.2. The van der Waals surface area contributed by atoms with Crippen molar-refractivity contribution >= 4 is 28.2 Å². The predicted molar refractivity (Wildman–Crippen MR) is 94.4 cm³/mol. The van der Waals surface area contributed by atoms with Crippen LogP contribution in [0.4, 0.5) is 5.13 Å². The Kier molecular flexibility index (Phi) is 4.77. The highest BCUT2D eigenvalue weighted by Crippen LogP contribution is 2.31. The van der Waals surface area contributed by atoms with Gasteiger partial charge in [-0.2, -0.15) is 0 Å². The largest absolute Gasteiger partial charge is 0.440 e. The average Bonchev–Trinajstić information content (AvgIpc) is 3.31. The van der Waals surface area contributed by atoms with Crippen molar-refractivity contribution in [3.05, 3.63) is 42.4 Å². The van der Waals surface area contributed by atoms with Crippen LogP contribution in [0.5, 0.6) is 0 Å². The van der Waals surface area contributed by atoms with Gasteiger partial charge in [-0.15, -0.1) is 10.2 Å². The topological polar surface area (TPSA) is 64.3 Å². The molecule has 0 saturated carbocycles. The van der Waals surface area contributed by atoms with Gasteiger partial charge in [-0.25, -0.2) is 4.98 Å². The average molecular weight is 360 g/mol. The minimum atomic E-state index is 0.643. The van der Waals surface area contributed by atoms with E-state index in [2.05, 4.69) is 20.1 Å². The molecule has 0 spiro atoms. The summed E-state index contributed by atoms with van der Waals surface area (Å²) in [6.07, 6.45) is 1.77. The number of morpholine rings is 1. The zero-order valence-electron chi connectivity index (χ0n) is 12.9. The lowest BCUT2D eigenvalue weighted by atomic mass is 10.2. The molecule has 1 fully saturated rings. The first-order valence-corrected chi connectivity index (χ1v) is 9.48. The Morgan fingerprint density at radius 3 is 2.79 bits per heavy atom. The van der Waals surface area contributed by atoms with Crippen molar-refractivity contribution in [2.75, 3.05) is 31.2 Å². The summed E-state index contributed by atoms with van der Waals surface area (Å²) >= 11 is 3.20. The number of benzene rings is 1. The molecule has 0 bridgehead atoms. The third kappa shape index (κ3) is 3.61. The Balaban J connectivity index is 1.37. The molecule has 1 aromatic carbocycles. The molecular formula is C16H16N4O2S2. The highest BCUT2D eigenvalue weighted by Gasteiger charge is 2.16. The van der Waals surface area contributed by atoms with E-state index < -0.39 is 0 Å². The number of nitrogens with zero attached hydrogens (tertiary/aromatic N) is 4. The molecule has 1 aliphatic heterocycles. The second-order valence-corrected chi connectivity index (χ2v) is 7.40. The Hall–Kier alpha value is -1.90. The maximum Gasteiger partial charge on any atom is 0.209 e. The molecule has 24 heavy (non-hydrogen) atoms. The summed E-state index contributed by atoms with van der Waals surface area (Å²) in [5.74, 6) is 2.13. The molecule has 124 valence electrons. The second kappa shape index (κ2) is 7.33. The standard InChI is InChI=1S/C16H16N4O2S2/c1-2-4-12(5-3-1)13-10-17-14(22-13)11-23-16-19-18-15(24-16)20-6-8-21-9-7-20/h1-5,10H,6-9,11H2. The molecule has 3 heterocycles. The summed E-state index contributed by atoms with van der Waals surface area (Å²) in [7, 11) is 0. The summed E-state index contributed by atoms with van der Waals surface area (Å²) in [5, 5.41) is 9.48. The van der Waals surface area contributed by atoms with E-state index in [0.29, 0.717) is 11.6 Å². The number of ether oxygens (including phenoxy) is 1. The second-order valence-electron chi connectivity index (χ2n) is 5.22. The monoisotopic (exact) mass is 360 g/mol. The smallest absolute Gasteiger partial charge is 0.209 e. The van der Waals surface area contributed by atoms with E-state index in [-0.39, 0.29) is 0 Å². The van der Waals surface area contributed by atoms with Gasteiger partial charge in [-0.3, -0.25) is 0 Å². The molecule has 3 aromatic rings. The van der Waals surface area contributed by atoms with Crippen LogP contribution in [0, 0.1) is 0 Å². The van der Waals surface area contributed by atoms with Crippen LogP contribution in [0.2, 0.25) is 0 Å². The van der Waals surface area contributed by atoms with E-state index in [0.717, 1.165) is 47.1 Å². The van der Waals surface area contributed by atoms with E-state index in [1.54, 1.807) is 29.3 Å². The van der Waals surface area contributed by atoms with Crippen LogP contribution in [-0.2, 0) is 10.5 Å². The molecule has 0 N–H and O–H groups in total. The van der Waals surface area contributed by atoms with Gasteiger partial charge in [0, 0.05) is 18.7 Å². The highest BCUT2D eigenvalue weighted by molar-refractivity contribution is 8.00. The summed E-state index contributed by atoms with van der Waals surface area (Å²) < 4.78 is 12.1. The fourth-order valence-electron chi connectivity index (χ4n) is 2.38. The van der Waals surface area contributed by atoms with Crippen molar-refractivity contribution < 1.29 is 9.15 Å². The summed E-state index contributed by atoms with van der Waals surface area (Å²) in [4.78, 5) is 6.56. The molecule has 6 nitrogen and oxygen atoms in total. The van der Waals surface area contributed by atoms with Crippen molar-refractivity contribution in [1.29, 1.82) is 0 Å².